The molecule has 3 aromatic carbocycles. The molecule has 0 N–H and O–H groups in total. The molecule has 5 rings (SSSR count). The fraction of sp³-hybridized carbons (Fsp3) is 0.0588. The van der Waals surface area contributed by atoms with Gasteiger partial charge in [-0.1, -0.05) is 12.1 Å². The van der Waals surface area contributed by atoms with Crippen molar-refractivity contribution >= 4 is 33.4 Å². The molecule has 6 nitrogen and oxygen atoms in total. The highest BCUT2D eigenvalue weighted by atomic mass is 19.4. The van der Waals surface area contributed by atoms with Crippen molar-refractivity contribution in [1.82, 2.24) is 0 Å². The molecule has 2 aliphatic rings. The van der Waals surface area contributed by atoms with E-state index in [2.05, 4.69) is 0 Å². The molecule has 230 valence electrons. The third-order valence-electron chi connectivity index (χ3n) is 7.53. The number of hydrogen-bond acceptors (Lipinski definition) is 6. The van der Waals surface area contributed by atoms with Crippen molar-refractivity contribution in [3.8, 4) is 36.4 Å². The van der Waals surface area contributed by atoms with Crippen LogP contribution in [-0.4, -0.2) is 0 Å². The van der Waals surface area contributed by atoms with Crippen LogP contribution >= 0.6 is 0 Å². The zero-order chi connectivity index (χ0) is 35.3. The summed E-state index contributed by atoms with van der Waals surface area (Å²) in [4.78, 5) is 0. The predicted molar refractivity (Wildman–Crippen MR) is 150 cm³/mol. The normalized spacial score (nSPS) is 13.5. The van der Waals surface area contributed by atoms with E-state index in [0.29, 0.717) is 24.3 Å². The molecule has 0 heterocycles. The van der Waals surface area contributed by atoms with Gasteiger partial charge in [0.05, 0.1) is 22.3 Å². The molecule has 48 heavy (non-hydrogen) atoms. The van der Waals surface area contributed by atoms with Crippen molar-refractivity contribution in [2.24, 2.45) is 0 Å². The summed E-state index contributed by atoms with van der Waals surface area (Å²) >= 11 is 0. The number of benzene rings is 3. The molecule has 0 bridgehead atoms. The Balaban J connectivity index is 1.89. The maximum atomic E-state index is 14.7. The first-order chi connectivity index (χ1) is 22.7. The number of allylic oxidation sites excluding steroid dienone is 8. The third kappa shape index (κ3) is 4.92. The molecule has 0 saturated heterocycles. The number of nitrogens with zero attached hydrogens (tertiary/aromatic N) is 6. The first-order valence-corrected chi connectivity index (χ1v) is 13.0. The van der Waals surface area contributed by atoms with E-state index in [1.54, 1.807) is 24.3 Å². The average molecular weight is 652 g/mol. The summed E-state index contributed by atoms with van der Waals surface area (Å²) in [7, 11) is 0. The second-order valence-electron chi connectivity index (χ2n) is 10.00. The van der Waals surface area contributed by atoms with Gasteiger partial charge >= 0.3 is 12.4 Å². The second-order valence-corrected chi connectivity index (χ2v) is 10.00. The van der Waals surface area contributed by atoms with Crippen LogP contribution in [0.5, 0.6) is 0 Å². The van der Waals surface area contributed by atoms with Crippen LogP contribution in [0.4, 0.5) is 35.1 Å². The van der Waals surface area contributed by atoms with Gasteiger partial charge in [-0.15, -0.1) is 0 Å². The highest BCUT2D eigenvalue weighted by molar-refractivity contribution is 6.29. The third-order valence-corrected chi connectivity index (χ3v) is 7.53. The van der Waals surface area contributed by atoms with E-state index >= 15 is 0 Å². The Morgan fingerprint density at radius 2 is 0.812 bits per heavy atom. The van der Waals surface area contributed by atoms with Gasteiger partial charge < -0.3 is 0 Å². The predicted octanol–water partition coefficient (Wildman–Crippen LogP) is 8.50. The molecule has 3 aromatic rings. The first kappa shape index (κ1) is 32.4. The minimum absolute atomic E-state index is 0.0908. The minimum atomic E-state index is -5.08. The Morgan fingerprint density at radius 3 is 1.08 bits per heavy atom. The maximum Gasteiger partial charge on any atom is 0.419 e. The van der Waals surface area contributed by atoms with Crippen molar-refractivity contribution in [2.75, 3.05) is 0 Å². The number of nitriles is 6. The van der Waals surface area contributed by atoms with Gasteiger partial charge in [0.25, 0.3) is 0 Å². The first-order valence-electron chi connectivity index (χ1n) is 13.0. The van der Waals surface area contributed by atoms with Gasteiger partial charge in [0.15, 0.2) is 0 Å². The molecule has 14 heteroatoms. The van der Waals surface area contributed by atoms with Crippen LogP contribution in [0.25, 0.3) is 33.4 Å². The van der Waals surface area contributed by atoms with Gasteiger partial charge in [-0.2, -0.15) is 57.9 Å². The van der Waals surface area contributed by atoms with E-state index < -0.39 is 46.3 Å². The molecule has 0 aromatic heterocycles. The monoisotopic (exact) mass is 652 g/mol. The topological polar surface area (TPSA) is 143 Å². The zero-order valence-corrected chi connectivity index (χ0v) is 23.3. The van der Waals surface area contributed by atoms with Gasteiger partial charge in [0.2, 0.25) is 0 Å². The highest BCUT2D eigenvalue weighted by Gasteiger charge is 2.40. The van der Waals surface area contributed by atoms with E-state index in [1.165, 1.54) is 12.1 Å². The fourth-order valence-corrected chi connectivity index (χ4v) is 5.62. The van der Waals surface area contributed by atoms with Crippen molar-refractivity contribution < 1.29 is 35.1 Å². The van der Waals surface area contributed by atoms with Crippen LogP contribution in [0.3, 0.4) is 0 Å². The van der Waals surface area contributed by atoms with Crippen molar-refractivity contribution in [2.45, 2.75) is 12.4 Å². The summed E-state index contributed by atoms with van der Waals surface area (Å²) in [6, 6.07) is 15.9. The van der Waals surface area contributed by atoms with Crippen LogP contribution < -0.4 is 0 Å². The lowest BCUT2D eigenvalue weighted by molar-refractivity contribution is -0.140. The Hall–Kier alpha value is -7.00. The fourth-order valence-electron chi connectivity index (χ4n) is 5.62. The Kier molecular flexibility index (Phi) is 7.71. The number of hydrogen-bond donors (Lipinski definition) is 0. The molecule has 0 aliphatic heterocycles. The van der Waals surface area contributed by atoms with Gasteiger partial charge in [-0.25, -0.2) is 8.78 Å². The molecule has 0 atom stereocenters. The minimum Gasteiger partial charge on any atom is -0.206 e. The molecular formula is C34H8F8N6. The summed E-state index contributed by atoms with van der Waals surface area (Å²) in [5.41, 5.74) is -7.61. The maximum absolute atomic E-state index is 14.7. The summed E-state index contributed by atoms with van der Waals surface area (Å²) in [5.74, 6) is -3.45. The lowest BCUT2D eigenvalue weighted by Crippen LogP contribution is -2.08. The van der Waals surface area contributed by atoms with E-state index in [1.807, 2.05) is 12.1 Å². The summed E-state index contributed by atoms with van der Waals surface area (Å²) in [6.45, 7) is 0. The lowest BCUT2D eigenvalue weighted by atomic mass is 9.89. The number of fused-ring (bicyclic) bond motifs is 2. The summed E-state index contributed by atoms with van der Waals surface area (Å²) < 4.78 is 109. The van der Waals surface area contributed by atoms with E-state index in [-0.39, 0.29) is 66.8 Å². The lowest BCUT2D eigenvalue weighted by Gasteiger charge is -2.13. The van der Waals surface area contributed by atoms with Crippen LogP contribution in [0.15, 0.2) is 59.7 Å². The molecule has 0 radical (unpaired) electrons. The standard InChI is InChI=1S/C34H8F8N6/c35-27-5-15(1-3-25(27)33(37,38)39)29-23(13-47)19-7-20-22(8-21(19)31(29)17(9-43)10-44)32(18(11-45)12-46)30(24(20)14-48)16-2-4-26(28(36)6-16)34(40,41)42/h1-8H. The van der Waals surface area contributed by atoms with E-state index in [0.717, 1.165) is 12.1 Å². The van der Waals surface area contributed by atoms with Crippen molar-refractivity contribution in [1.29, 1.82) is 31.6 Å². The SMILES string of the molecule is N#CC(C#N)=C1C(c2ccc(C(F)(F)F)c(F)c2)=C(C#N)c2cc3c(cc21)C(=C(C#N)C#N)C(c1ccc(C(F)(F)F)c(F)c1)=C3C#N. The molecular weight excluding hydrogens is 644 g/mol. The van der Waals surface area contributed by atoms with Crippen LogP contribution in [0.1, 0.15) is 44.5 Å². The molecule has 2 aliphatic carbocycles. The second kappa shape index (κ2) is 11.4. The van der Waals surface area contributed by atoms with Crippen LogP contribution in [0.2, 0.25) is 0 Å². The summed E-state index contributed by atoms with van der Waals surface area (Å²) in [6.07, 6.45) is -10.2. The molecule has 0 saturated carbocycles. The van der Waals surface area contributed by atoms with Crippen LogP contribution in [-0.2, 0) is 12.4 Å². The Labute approximate surface area is 264 Å². The van der Waals surface area contributed by atoms with Gasteiger partial charge in [-0.05, 0) is 58.7 Å². The van der Waals surface area contributed by atoms with Gasteiger partial charge in [-0.3, -0.25) is 0 Å². The molecule has 0 fully saturated rings. The molecule has 0 amide bonds. The average Bonchev–Trinajstić information content (AvgIpc) is 3.52. The quantitative estimate of drug-likeness (QED) is 0.201. The number of rotatable bonds is 2. The van der Waals surface area contributed by atoms with Crippen molar-refractivity contribution in [3.05, 3.63) is 116 Å². The van der Waals surface area contributed by atoms with Crippen molar-refractivity contribution in [3.63, 3.8) is 0 Å². The number of alkyl halides is 6. The summed E-state index contributed by atoms with van der Waals surface area (Å²) in [5, 5.41) is 59.6. The van der Waals surface area contributed by atoms with Gasteiger partial charge in [0, 0.05) is 33.4 Å². The smallest absolute Gasteiger partial charge is 0.206 e. The largest absolute Gasteiger partial charge is 0.419 e. The van der Waals surface area contributed by atoms with E-state index in [4.69, 9.17) is 0 Å². The molecule has 0 spiro atoms. The van der Waals surface area contributed by atoms with E-state index in [9.17, 15) is 66.7 Å². The zero-order valence-electron chi connectivity index (χ0n) is 23.3. The van der Waals surface area contributed by atoms with Crippen LogP contribution in [0, 0.1) is 79.6 Å². The Bertz CT molecular complexity index is 2200. The van der Waals surface area contributed by atoms with Gasteiger partial charge in [0.1, 0.15) is 59.2 Å². The Morgan fingerprint density at radius 1 is 0.479 bits per heavy atom. The highest BCUT2D eigenvalue weighted by Crippen LogP contribution is 2.54. The molecule has 0 unspecified atom stereocenters. The number of halogens is 8.